The summed E-state index contributed by atoms with van der Waals surface area (Å²) < 4.78 is 48.7. The average Bonchev–Trinajstić information content (AvgIpc) is 3.38. The van der Waals surface area contributed by atoms with Crippen molar-refractivity contribution in [2.45, 2.75) is 30.4 Å². The zero-order valence-corrected chi connectivity index (χ0v) is 19.5. The molecular formula is C22H16Cl3F3N2O4. The van der Waals surface area contributed by atoms with Gasteiger partial charge in [-0.15, -0.1) is 0 Å². The number of fused-ring (bicyclic) bond motifs is 2. The van der Waals surface area contributed by atoms with Crippen molar-refractivity contribution in [2.75, 3.05) is 19.7 Å². The minimum absolute atomic E-state index is 0.0497. The van der Waals surface area contributed by atoms with Crippen LogP contribution in [0.2, 0.25) is 15.1 Å². The first-order valence-electron chi connectivity index (χ1n) is 10.1. The van der Waals surface area contributed by atoms with E-state index in [1.807, 2.05) is 0 Å². The average molecular weight is 536 g/mol. The van der Waals surface area contributed by atoms with Crippen molar-refractivity contribution in [3.63, 3.8) is 0 Å². The van der Waals surface area contributed by atoms with Gasteiger partial charge in [0.2, 0.25) is 5.91 Å². The molecule has 0 radical (unpaired) electrons. The Bertz CT molecular complexity index is 1210. The summed E-state index contributed by atoms with van der Waals surface area (Å²) in [6.45, 7) is 0.272. The lowest BCUT2D eigenvalue weighted by Gasteiger charge is -2.47. The summed E-state index contributed by atoms with van der Waals surface area (Å²) in [7, 11) is 0. The maximum absolute atomic E-state index is 14.3. The van der Waals surface area contributed by atoms with Crippen LogP contribution in [-0.4, -0.2) is 47.5 Å². The van der Waals surface area contributed by atoms with Gasteiger partial charge in [0.15, 0.2) is 0 Å². The molecule has 1 atom stereocenters. The molecule has 3 heterocycles. The summed E-state index contributed by atoms with van der Waals surface area (Å²) in [5, 5.41) is 12.5. The summed E-state index contributed by atoms with van der Waals surface area (Å²) in [4.78, 5) is 18.2. The fraction of sp³-hybridized carbons (Fsp3) is 0.364. The largest absolute Gasteiger partial charge is 0.435 e. The summed E-state index contributed by atoms with van der Waals surface area (Å²) in [6, 6.07) is 7.31. The van der Waals surface area contributed by atoms with E-state index in [0.29, 0.717) is 18.7 Å². The highest BCUT2D eigenvalue weighted by Crippen LogP contribution is 2.51. The Morgan fingerprint density at radius 2 is 1.82 bits per heavy atom. The van der Waals surface area contributed by atoms with Crippen molar-refractivity contribution in [3.05, 3.63) is 67.7 Å². The molecule has 0 aliphatic carbocycles. The Labute approximate surface area is 206 Å². The zero-order valence-electron chi connectivity index (χ0n) is 17.3. The number of carbonyl (C=O) groups is 1. The summed E-state index contributed by atoms with van der Waals surface area (Å²) >= 11 is 17.9. The quantitative estimate of drug-likeness (QED) is 0.574. The fourth-order valence-corrected chi connectivity index (χ4v) is 5.18. The summed E-state index contributed by atoms with van der Waals surface area (Å²) in [5.74, 6) is -0.386. The van der Waals surface area contributed by atoms with E-state index >= 15 is 0 Å². The first kappa shape index (κ1) is 23.7. The number of amides is 1. The minimum Gasteiger partial charge on any atom is -0.387 e. The van der Waals surface area contributed by atoms with E-state index in [1.54, 1.807) is 18.2 Å². The van der Waals surface area contributed by atoms with E-state index in [0.717, 1.165) is 23.3 Å². The lowest BCUT2D eigenvalue weighted by molar-refractivity contribution is -0.275. The van der Waals surface area contributed by atoms with Gasteiger partial charge < -0.3 is 19.6 Å². The van der Waals surface area contributed by atoms with Gasteiger partial charge in [0.25, 0.3) is 5.60 Å². The van der Waals surface area contributed by atoms with Gasteiger partial charge in [-0.25, -0.2) is 0 Å². The van der Waals surface area contributed by atoms with Crippen molar-refractivity contribution in [3.8, 4) is 0 Å². The topological polar surface area (TPSA) is 71.4 Å². The monoisotopic (exact) mass is 534 g/mol. The van der Waals surface area contributed by atoms with Gasteiger partial charge >= 0.3 is 6.18 Å². The minimum atomic E-state index is -4.82. The maximum Gasteiger partial charge on any atom is 0.435 e. The van der Waals surface area contributed by atoms with Crippen LogP contribution in [0.3, 0.4) is 0 Å². The number of likely N-dealkylation sites (tertiary alicyclic amines) is 1. The molecule has 1 amide bonds. The van der Waals surface area contributed by atoms with E-state index < -0.39 is 30.4 Å². The molecule has 1 saturated heterocycles. The van der Waals surface area contributed by atoms with E-state index in [-0.39, 0.29) is 38.9 Å². The van der Waals surface area contributed by atoms with Crippen molar-refractivity contribution < 1.29 is 32.6 Å². The molecule has 0 aromatic heterocycles. The summed E-state index contributed by atoms with van der Waals surface area (Å²) in [6.07, 6.45) is -5.41. The second kappa shape index (κ2) is 7.99. The Hall–Kier alpha value is -2.04. The number of benzene rings is 2. The number of hydrogen-bond donors (Lipinski definition) is 1. The number of aliphatic hydroxyl groups excluding tert-OH is 1. The third-order valence-corrected chi connectivity index (χ3v) is 7.65. The molecule has 3 aliphatic rings. The molecule has 2 aromatic rings. The number of rotatable bonds is 3. The van der Waals surface area contributed by atoms with Crippen LogP contribution in [0.5, 0.6) is 0 Å². The number of aliphatic hydroxyl groups is 1. The van der Waals surface area contributed by atoms with Gasteiger partial charge in [-0.1, -0.05) is 52.1 Å². The van der Waals surface area contributed by atoms with Crippen LogP contribution < -0.4 is 0 Å². The van der Waals surface area contributed by atoms with Crippen molar-refractivity contribution in [1.29, 1.82) is 0 Å². The standard InChI is InChI=1S/C22H16Cl3F3N2O4/c23-15-4-13(5-16(24)19(15)25)21(22(26,27)28)6-17(29-34-21)11-1-2-14-12(3-11)8-33-20(14)9-30(10-20)18(32)7-31/h1-5,31H,6-10H2/t21-/m0/s1. The smallest absolute Gasteiger partial charge is 0.387 e. The van der Waals surface area contributed by atoms with Gasteiger partial charge in [0.1, 0.15) is 12.2 Å². The number of alkyl halides is 3. The Morgan fingerprint density at radius 3 is 2.44 bits per heavy atom. The highest BCUT2D eigenvalue weighted by Gasteiger charge is 2.62. The molecule has 1 N–H and O–H groups in total. The number of ether oxygens (including phenoxy) is 1. The molecule has 3 aliphatic heterocycles. The predicted molar refractivity (Wildman–Crippen MR) is 118 cm³/mol. The normalized spacial score (nSPS) is 22.9. The van der Waals surface area contributed by atoms with Crippen LogP contribution in [0.4, 0.5) is 13.2 Å². The molecule has 0 bridgehead atoms. The highest BCUT2D eigenvalue weighted by molar-refractivity contribution is 6.48. The summed E-state index contributed by atoms with van der Waals surface area (Å²) in [5.41, 5.74) is -1.53. The molecule has 12 heteroatoms. The molecule has 0 saturated carbocycles. The molecule has 1 fully saturated rings. The van der Waals surface area contributed by atoms with E-state index in [4.69, 9.17) is 49.5 Å². The maximum atomic E-state index is 14.3. The number of hydrogen-bond acceptors (Lipinski definition) is 5. The molecule has 0 unspecified atom stereocenters. The second-order valence-electron chi connectivity index (χ2n) is 8.45. The number of oxime groups is 1. The first-order chi connectivity index (χ1) is 16.0. The molecule has 2 aromatic carbocycles. The van der Waals surface area contributed by atoms with Crippen molar-refractivity contribution in [2.24, 2.45) is 5.16 Å². The fourth-order valence-electron chi connectivity index (χ4n) is 4.59. The van der Waals surface area contributed by atoms with Crippen LogP contribution in [0.1, 0.15) is 28.7 Å². The number of nitrogens with zero attached hydrogens (tertiary/aromatic N) is 2. The Balaban J connectivity index is 1.43. The van der Waals surface area contributed by atoms with Crippen LogP contribution in [0.15, 0.2) is 35.5 Å². The number of halogens is 6. The zero-order chi connectivity index (χ0) is 24.5. The highest BCUT2D eigenvalue weighted by atomic mass is 35.5. The SMILES string of the molecule is O=C(CO)N1CC2(C1)OCc1cc(C3=NO[C@@](c4cc(Cl)c(Cl)c(Cl)c4)(C(F)(F)F)C3)ccc12. The second-order valence-corrected chi connectivity index (χ2v) is 9.64. The van der Waals surface area contributed by atoms with Crippen LogP contribution in [0.25, 0.3) is 0 Å². The van der Waals surface area contributed by atoms with E-state index in [2.05, 4.69) is 5.16 Å². The van der Waals surface area contributed by atoms with Gasteiger partial charge in [-0.05, 0) is 34.9 Å². The molecule has 180 valence electrons. The Kier molecular flexibility index (Phi) is 5.57. The molecule has 34 heavy (non-hydrogen) atoms. The third-order valence-electron chi connectivity index (χ3n) is 6.45. The van der Waals surface area contributed by atoms with Gasteiger partial charge in [0, 0.05) is 12.0 Å². The lowest BCUT2D eigenvalue weighted by atomic mass is 9.83. The predicted octanol–water partition coefficient (Wildman–Crippen LogP) is 4.79. The van der Waals surface area contributed by atoms with Gasteiger partial charge in [0.05, 0.1) is 40.5 Å². The molecule has 1 spiro atoms. The molecule has 6 nitrogen and oxygen atoms in total. The third kappa shape index (κ3) is 3.48. The van der Waals surface area contributed by atoms with Gasteiger partial charge in [-0.2, -0.15) is 13.2 Å². The lowest BCUT2D eigenvalue weighted by Crippen LogP contribution is -2.61. The molecular weight excluding hydrogens is 520 g/mol. The van der Waals surface area contributed by atoms with E-state index in [9.17, 15) is 18.0 Å². The van der Waals surface area contributed by atoms with Crippen LogP contribution >= 0.6 is 34.8 Å². The van der Waals surface area contributed by atoms with Crippen molar-refractivity contribution in [1.82, 2.24) is 4.90 Å². The first-order valence-corrected chi connectivity index (χ1v) is 11.3. The van der Waals surface area contributed by atoms with Crippen molar-refractivity contribution >= 4 is 46.4 Å². The van der Waals surface area contributed by atoms with Crippen LogP contribution in [0, 0.1) is 0 Å². The Morgan fingerprint density at radius 1 is 1.15 bits per heavy atom. The van der Waals surface area contributed by atoms with Crippen LogP contribution in [-0.2, 0) is 32.2 Å². The molecule has 5 rings (SSSR count). The van der Waals surface area contributed by atoms with Gasteiger partial charge in [-0.3, -0.25) is 4.79 Å². The van der Waals surface area contributed by atoms with E-state index in [1.165, 1.54) is 4.90 Å². The number of carbonyl (C=O) groups excluding carboxylic acids is 1.